The number of aromatic nitrogens is 2. The second-order valence-electron chi connectivity index (χ2n) is 7.88. The van der Waals surface area contributed by atoms with Crippen LogP contribution in [-0.4, -0.2) is 45.9 Å². The van der Waals surface area contributed by atoms with E-state index in [1.807, 2.05) is 48.5 Å². The molecule has 1 atom stereocenters. The van der Waals surface area contributed by atoms with Crippen molar-refractivity contribution in [1.82, 2.24) is 15.5 Å². The molecule has 0 bridgehead atoms. The van der Waals surface area contributed by atoms with E-state index in [0.29, 0.717) is 0 Å². The molecule has 4 N–H and O–H groups in total. The summed E-state index contributed by atoms with van der Waals surface area (Å²) in [5.74, 6) is -1.48. The fourth-order valence-corrected chi connectivity index (χ4v) is 4.01. The standard InChI is InChI=1S/C24H24N4O5/c1-14-12-21(28-27-14)26-23(31)20(10-11-22(29)30)25-24(32)33-13-19-17-8-4-2-6-15(17)16-7-3-5-9-18(16)19/h2-9,12,19-20H,10-11,13H2,1H3,(H,25,32)(H,29,30)(H2,26,27,28,31). The van der Waals surface area contributed by atoms with Crippen molar-refractivity contribution in [3.05, 3.63) is 71.4 Å². The molecule has 1 aromatic heterocycles. The number of H-pyrrole nitrogens is 1. The molecular formula is C24H24N4O5. The zero-order chi connectivity index (χ0) is 23.4. The van der Waals surface area contributed by atoms with E-state index in [-0.39, 0.29) is 31.2 Å². The maximum Gasteiger partial charge on any atom is 0.407 e. The van der Waals surface area contributed by atoms with E-state index in [1.54, 1.807) is 13.0 Å². The first-order valence-electron chi connectivity index (χ1n) is 10.6. The van der Waals surface area contributed by atoms with Crippen LogP contribution in [-0.2, 0) is 14.3 Å². The highest BCUT2D eigenvalue weighted by Crippen LogP contribution is 2.44. The summed E-state index contributed by atoms with van der Waals surface area (Å²) in [6.07, 6.45) is -1.17. The van der Waals surface area contributed by atoms with E-state index in [0.717, 1.165) is 27.9 Å². The lowest BCUT2D eigenvalue weighted by Gasteiger charge is -2.19. The number of aliphatic carboxylic acids is 1. The SMILES string of the molecule is Cc1cc(NC(=O)C(CCC(=O)O)NC(=O)OCC2c3ccccc3-c3ccccc32)n[nH]1. The summed E-state index contributed by atoms with van der Waals surface area (Å²) in [5.41, 5.74) is 5.10. The van der Waals surface area contributed by atoms with Gasteiger partial charge in [0.2, 0.25) is 5.91 Å². The van der Waals surface area contributed by atoms with E-state index in [1.165, 1.54) is 0 Å². The predicted molar refractivity (Wildman–Crippen MR) is 121 cm³/mol. The number of carboxylic acids is 1. The molecule has 33 heavy (non-hydrogen) atoms. The van der Waals surface area contributed by atoms with E-state index in [2.05, 4.69) is 20.8 Å². The molecule has 4 rings (SSSR count). The maximum absolute atomic E-state index is 12.6. The van der Waals surface area contributed by atoms with Crippen LogP contribution in [0, 0.1) is 6.92 Å². The maximum atomic E-state index is 12.6. The summed E-state index contributed by atoms with van der Waals surface area (Å²) >= 11 is 0. The summed E-state index contributed by atoms with van der Waals surface area (Å²) in [7, 11) is 0. The lowest BCUT2D eigenvalue weighted by molar-refractivity contribution is -0.137. The monoisotopic (exact) mass is 448 g/mol. The number of fused-ring (bicyclic) bond motifs is 3. The molecule has 0 saturated carbocycles. The van der Waals surface area contributed by atoms with Crippen LogP contribution >= 0.6 is 0 Å². The van der Waals surface area contributed by atoms with Gasteiger partial charge in [-0.2, -0.15) is 5.10 Å². The Bertz CT molecular complexity index is 1140. The van der Waals surface area contributed by atoms with Gasteiger partial charge in [-0.05, 0) is 35.6 Å². The Labute approximate surface area is 190 Å². The van der Waals surface area contributed by atoms with Crippen LogP contribution in [0.4, 0.5) is 10.6 Å². The van der Waals surface area contributed by atoms with Crippen molar-refractivity contribution in [2.24, 2.45) is 0 Å². The first-order valence-corrected chi connectivity index (χ1v) is 10.6. The van der Waals surface area contributed by atoms with Gasteiger partial charge in [-0.15, -0.1) is 0 Å². The first-order chi connectivity index (χ1) is 15.9. The number of aryl methyl sites for hydroxylation is 1. The summed E-state index contributed by atoms with van der Waals surface area (Å²) in [5, 5.41) is 20.7. The third kappa shape index (κ3) is 5.03. The number of carboxylic acid groups (broad SMARTS) is 1. The Balaban J connectivity index is 1.42. The number of amides is 2. The van der Waals surface area contributed by atoms with Gasteiger partial charge >= 0.3 is 12.1 Å². The van der Waals surface area contributed by atoms with Crippen LogP contribution in [0.2, 0.25) is 0 Å². The molecule has 2 amide bonds. The minimum absolute atomic E-state index is 0.0885. The van der Waals surface area contributed by atoms with Crippen LogP contribution in [0.25, 0.3) is 11.1 Å². The highest BCUT2D eigenvalue weighted by atomic mass is 16.5. The number of anilines is 1. The molecular weight excluding hydrogens is 424 g/mol. The highest BCUT2D eigenvalue weighted by molar-refractivity contribution is 5.96. The van der Waals surface area contributed by atoms with Crippen molar-refractivity contribution in [3.8, 4) is 11.1 Å². The van der Waals surface area contributed by atoms with Crippen LogP contribution in [0.5, 0.6) is 0 Å². The average molecular weight is 448 g/mol. The molecule has 9 nitrogen and oxygen atoms in total. The number of aromatic amines is 1. The van der Waals surface area contributed by atoms with Crippen molar-refractivity contribution >= 4 is 23.8 Å². The number of carbonyl (C=O) groups is 3. The van der Waals surface area contributed by atoms with Gasteiger partial charge in [0.1, 0.15) is 12.6 Å². The van der Waals surface area contributed by atoms with Gasteiger partial charge in [-0.1, -0.05) is 48.5 Å². The third-order valence-corrected chi connectivity index (χ3v) is 5.56. The molecule has 0 aliphatic heterocycles. The Morgan fingerprint density at radius 3 is 2.30 bits per heavy atom. The molecule has 9 heteroatoms. The average Bonchev–Trinajstić information content (AvgIpc) is 3.35. The Hall–Kier alpha value is -4.14. The van der Waals surface area contributed by atoms with Crippen molar-refractivity contribution in [3.63, 3.8) is 0 Å². The lowest BCUT2D eigenvalue weighted by atomic mass is 9.98. The summed E-state index contributed by atoms with van der Waals surface area (Å²) < 4.78 is 5.48. The van der Waals surface area contributed by atoms with Gasteiger partial charge in [0.05, 0.1) is 0 Å². The van der Waals surface area contributed by atoms with Gasteiger partial charge in [0, 0.05) is 24.1 Å². The van der Waals surface area contributed by atoms with Crippen molar-refractivity contribution in [1.29, 1.82) is 0 Å². The number of carbonyl (C=O) groups excluding carboxylic acids is 2. The largest absolute Gasteiger partial charge is 0.481 e. The van der Waals surface area contributed by atoms with Gasteiger partial charge in [0.25, 0.3) is 0 Å². The minimum Gasteiger partial charge on any atom is -0.481 e. The zero-order valence-electron chi connectivity index (χ0n) is 18.0. The highest BCUT2D eigenvalue weighted by Gasteiger charge is 2.30. The van der Waals surface area contributed by atoms with Gasteiger partial charge < -0.3 is 20.5 Å². The van der Waals surface area contributed by atoms with E-state index in [4.69, 9.17) is 9.84 Å². The number of ether oxygens (including phenoxy) is 1. The second-order valence-corrected chi connectivity index (χ2v) is 7.88. The lowest BCUT2D eigenvalue weighted by Crippen LogP contribution is -2.44. The topological polar surface area (TPSA) is 133 Å². The Kier molecular flexibility index (Phi) is 6.39. The van der Waals surface area contributed by atoms with Gasteiger partial charge in [-0.3, -0.25) is 14.7 Å². The van der Waals surface area contributed by atoms with Crippen LogP contribution < -0.4 is 10.6 Å². The van der Waals surface area contributed by atoms with Crippen molar-refractivity contribution < 1.29 is 24.2 Å². The number of rotatable bonds is 8. The number of nitrogens with zero attached hydrogens (tertiary/aromatic N) is 1. The van der Waals surface area contributed by atoms with Crippen molar-refractivity contribution in [2.75, 3.05) is 11.9 Å². The Morgan fingerprint density at radius 2 is 1.73 bits per heavy atom. The normalized spacial score (nSPS) is 13.0. The third-order valence-electron chi connectivity index (χ3n) is 5.56. The number of nitrogens with one attached hydrogen (secondary N) is 3. The summed E-state index contributed by atoms with van der Waals surface area (Å²) in [6, 6.07) is 16.5. The van der Waals surface area contributed by atoms with Gasteiger partial charge in [-0.25, -0.2) is 4.79 Å². The molecule has 1 unspecified atom stereocenters. The number of hydrogen-bond acceptors (Lipinski definition) is 5. The molecule has 2 aromatic carbocycles. The molecule has 3 aromatic rings. The minimum atomic E-state index is -1.09. The summed E-state index contributed by atoms with van der Waals surface area (Å²) in [6.45, 7) is 1.87. The fourth-order valence-electron chi connectivity index (χ4n) is 4.01. The van der Waals surface area contributed by atoms with E-state index in [9.17, 15) is 14.4 Å². The zero-order valence-corrected chi connectivity index (χ0v) is 18.0. The van der Waals surface area contributed by atoms with Crippen LogP contribution in [0.1, 0.15) is 35.6 Å². The summed E-state index contributed by atoms with van der Waals surface area (Å²) in [4.78, 5) is 36.2. The molecule has 1 heterocycles. The van der Waals surface area contributed by atoms with E-state index >= 15 is 0 Å². The second kappa shape index (κ2) is 9.56. The number of hydrogen-bond donors (Lipinski definition) is 4. The van der Waals surface area contributed by atoms with Gasteiger partial charge in [0.15, 0.2) is 5.82 Å². The Morgan fingerprint density at radius 1 is 1.09 bits per heavy atom. The first kappa shape index (κ1) is 22.1. The predicted octanol–water partition coefficient (Wildman–Crippen LogP) is 3.43. The molecule has 170 valence electrons. The number of benzene rings is 2. The fraction of sp³-hybridized carbons (Fsp3) is 0.250. The molecule has 0 spiro atoms. The smallest absolute Gasteiger partial charge is 0.407 e. The van der Waals surface area contributed by atoms with Crippen molar-refractivity contribution in [2.45, 2.75) is 31.7 Å². The molecule has 0 fully saturated rings. The van der Waals surface area contributed by atoms with E-state index < -0.39 is 24.0 Å². The van der Waals surface area contributed by atoms with Crippen LogP contribution in [0.15, 0.2) is 54.6 Å². The molecule has 0 saturated heterocycles. The molecule has 1 aliphatic rings. The number of alkyl carbamates (subject to hydrolysis) is 1. The quantitative estimate of drug-likeness (QED) is 0.417. The molecule has 1 aliphatic carbocycles. The molecule has 0 radical (unpaired) electrons. The van der Waals surface area contributed by atoms with Crippen LogP contribution in [0.3, 0.4) is 0 Å².